The zero-order chi connectivity index (χ0) is 21.7. The summed E-state index contributed by atoms with van der Waals surface area (Å²) in [4.78, 5) is 26.5. The van der Waals surface area contributed by atoms with E-state index in [4.69, 9.17) is 16.7 Å². The number of pyridine rings is 1. The number of anilines is 1. The van der Waals surface area contributed by atoms with Crippen LogP contribution in [0.25, 0.3) is 22.4 Å². The Morgan fingerprint density at radius 3 is 2.87 bits per heavy atom. The molecule has 3 aromatic heterocycles. The monoisotopic (exact) mass is 435 g/mol. The lowest BCUT2D eigenvalue weighted by Crippen LogP contribution is -2.36. The van der Waals surface area contributed by atoms with Gasteiger partial charge in [0.25, 0.3) is 0 Å². The van der Waals surface area contributed by atoms with Crippen molar-refractivity contribution in [3.63, 3.8) is 0 Å². The molecule has 10 heteroatoms. The van der Waals surface area contributed by atoms with E-state index >= 15 is 0 Å². The van der Waals surface area contributed by atoms with Gasteiger partial charge in [-0.1, -0.05) is 37.8 Å². The summed E-state index contributed by atoms with van der Waals surface area (Å²) in [5.74, 6) is -1.68. The van der Waals surface area contributed by atoms with E-state index in [2.05, 4.69) is 25.3 Å². The van der Waals surface area contributed by atoms with Gasteiger partial charge in [-0.15, -0.1) is 0 Å². The van der Waals surface area contributed by atoms with Gasteiger partial charge in [0.15, 0.2) is 17.5 Å². The molecule has 0 amide bonds. The third-order valence-corrected chi connectivity index (χ3v) is 4.98. The predicted molar refractivity (Wildman–Crippen MR) is 112 cm³/mol. The molecule has 160 valence electrons. The fraction of sp³-hybridized carbons (Fsp3) is 0.400. The van der Waals surface area contributed by atoms with Gasteiger partial charge in [-0.25, -0.2) is 19.3 Å². The van der Waals surface area contributed by atoms with E-state index in [0.29, 0.717) is 28.0 Å². The van der Waals surface area contributed by atoms with E-state index < -0.39 is 30.4 Å². The zero-order valence-electron chi connectivity index (χ0n) is 16.4. The van der Waals surface area contributed by atoms with Gasteiger partial charge in [0.05, 0.1) is 29.8 Å². The number of fused-ring (bicyclic) bond motifs is 1. The number of H-pyrrole nitrogens is 1. The molecule has 2 atom stereocenters. The molecule has 3 rings (SSSR count). The second-order valence-corrected chi connectivity index (χ2v) is 7.49. The van der Waals surface area contributed by atoms with E-state index in [0.717, 1.165) is 25.5 Å². The molecular weight excluding hydrogens is 413 g/mol. The number of nitrogens with one attached hydrogen (secondary N) is 2. The molecule has 8 nitrogen and oxygen atoms in total. The number of carboxylic acid groups (broad SMARTS) is 1. The maximum absolute atomic E-state index is 14.4. The maximum Gasteiger partial charge on any atom is 0.306 e. The van der Waals surface area contributed by atoms with Crippen molar-refractivity contribution >= 4 is 34.4 Å². The number of aromatic amines is 1. The van der Waals surface area contributed by atoms with Gasteiger partial charge in [-0.3, -0.25) is 4.79 Å². The SMILES string of the molecule is CCCCCC(Nc1nc(-c2c[nH]c3ncc(Cl)cc23)ncc1F)[C@@H](O)CC(=O)O. The Labute approximate surface area is 177 Å². The Morgan fingerprint density at radius 1 is 1.33 bits per heavy atom. The highest BCUT2D eigenvalue weighted by atomic mass is 35.5. The topological polar surface area (TPSA) is 124 Å². The highest BCUT2D eigenvalue weighted by molar-refractivity contribution is 6.31. The molecule has 3 aromatic rings. The summed E-state index contributed by atoms with van der Waals surface area (Å²) in [5, 5.41) is 23.3. The molecule has 0 spiro atoms. The van der Waals surface area contributed by atoms with E-state index in [1.807, 2.05) is 6.92 Å². The summed E-state index contributed by atoms with van der Waals surface area (Å²) in [5.41, 5.74) is 1.18. The number of aliphatic carboxylic acids is 1. The van der Waals surface area contributed by atoms with Gasteiger partial charge in [0.2, 0.25) is 0 Å². The number of rotatable bonds is 10. The number of aromatic nitrogens is 4. The molecule has 0 aliphatic carbocycles. The molecule has 0 aliphatic rings. The highest BCUT2D eigenvalue weighted by Crippen LogP contribution is 2.28. The number of halogens is 2. The van der Waals surface area contributed by atoms with Crippen molar-refractivity contribution in [1.82, 2.24) is 19.9 Å². The maximum atomic E-state index is 14.4. The van der Waals surface area contributed by atoms with Gasteiger partial charge in [-0.05, 0) is 12.5 Å². The van der Waals surface area contributed by atoms with Crippen molar-refractivity contribution in [2.75, 3.05) is 5.32 Å². The number of carbonyl (C=O) groups is 1. The highest BCUT2D eigenvalue weighted by Gasteiger charge is 2.24. The first kappa shape index (κ1) is 21.9. The van der Waals surface area contributed by atoms with Crippen molar-refractivity contribution in [3.05, 3.63) is 35.5 Å². The lowest BCUT2D eigenvalue weighted by atomic mass is 10.0. The smallest absolute Gasteiger partial charge is 0.306 e. The van der Waals surface area contributed by atoms with Gasteiger partial charge >= 0.3 is 5.97 Å². The van der Waals surface area contributed by atoms with Crippen LogP contribution in [0.15, 0.2) is 24.7 Å². The van der Waals surface area contributed by atoms with E-state index in [9.17, 15) is 14.3 Å². The Kier molecular flexibility index (Phi) is 7.17. The summed E-state index contributed by atoms with van der Waals surface area (Å²) in [6.07, 6.45) is 5.68. The second kappa shape index (κ2) is 9.82. The standard InChI is InChI=1S/C20H23ClFN5O3/c1-2-3-4-5-15(16(28)7-17(29)30)26-20-14(22)10-25-19(27-20)13-9-24-18-12(13)6-11(21)8-23-18/h6,8-10,15-16,28H,2-5,7H2,1H3,(H,23,24)(H,29,30)(H,25,26,27)/t15?,16-/m0/s1. The largest absolute Gasteiger partial charge is 0.481 e. The van der Waals surface area contributed by atoms with E-state index in [-0.39, 0.29) is 11.6 Å². The summed E-state index contributed by atoms with van der Waals surface area (Å²) in [6.45, 7) is 2.04. The minimum atomic E-state index is -1.19. The minimum Gasteiger partial charge on any atom is -0.481 e. The number of unbranched alkanes of at least 4 members (excludes halogenated alkanes) is 2. The Morgan fingerprint density at radius 2 is 2.13 bits per heavy atom. The Bertz CT molecular complexity index is 1030. The van der Waals surface area contributed by atoms with Crippen molar-refractivity contribution in [3.8, 4) is 11.4 Å². The van der Waals surface area contributed by atoms with Crippen LogP contribution in [0.2, 0.25) is 5.02 Å². The Balaban J connectivity index is 1.90. The first-order valence-corrected chi connectivity index (χ1v) is 10.1. The van der Waals surface area contributed by atoms with Crippen molar-refractivity contribution in [2.45, 2.75) is 51.2 Å². The summed E-state index contributed by atoms with van der Waals surface area (Å²) < 4.78 is 14.4. The van der Waals surface area contributed by atoms with Crippen LogP contribution in [0.1, 0.15) is 39.0 Å². The van der Waals surface area contributed by atoms with Gasteiger partial charge in [0.1, 0.15) is 5.65 Å². The second-order valence-electron chi connectivity index (χ2n) is 7.05. The van der Waals surface area contributed by atoms with E-state index in [1.54, 1.807) is 12.3 Å². The number of hydrogen-bond donors (Lipinski definition) is 4. The van der Waals surface area contributed by atoms with Gasteiger partial charge in [-0.2, -0.15) is 0 Å². The van der Waals surface area contributed by atoms with Crippen molar-refractivity contribution in [2.24, 2.45) is 0 Å². The number of hydrogen-bond acceptors (Lipinski definition) is 6. The Hall–Kier alpha value is -2.78. The molecule has 0 saturated carbocycles. The molecule has 0 fully saturated rings. The van der Waals surface area contributed by atoms with Crippen molar-refractivity contribution in [1.29, 1.82) is 0 Å². The minimum absolute atomic E-state index is 0.102. The average molecular weight is 436 g/mol. The fourth-order valence-corrected chi connectivity index (χ4v) is 3.39. The number of carboxylic acids is 1. The molecule has 4 N–H and O–H groups in total. The third-order valence-electron chi connectivity index (χ3n) is 4.77. The number of aliphatic hydroxyl groups excluding tert-OH is 1. The van der Waals surface area contributed by atoms with Gasteiger partial charge < -0.3 is 20.5 Å². The average Bonchev–Trinajstić information content (AvgIpc) is 3.11. The molecule has 0 aliphatic heterocycles. The van der Waals surface area contributed by atoms with Crippen LogP contribution in [0.5, 0.6) is 0 Å². The fourth-order valence-electron chi connectivity index (χ4n) is 3.23. The predicted octanol–water partition coefficient (Wildman–Crippen LogP) is 4.01. The zero-order valence-corrected chi connectivity index (χ0v) is 17.2. The first-order valence-electron chi connectivity index (χ1n) is 9.71. The van der Waals surface area contributed by atoms with Crippen LogP contribution < -0.4 is 5.32 Å². The third kappa shape index (κ3) is 5.22. The number of aliphatic hydroxyl groups is 1. The molecule has 0 radical (unpaired) electrons. The van der Waals surface area contributed by atoms with Crippen LogP contribution in [-0.4, -0.2) is 48.3 Å². The molecular formula is C20H23ClFN5O3. The normalized spacial score (nSPS) is 13.3. The van der Waals surface area contributed by atoms with Crippen LogP contribution in [0.4, 0.5) is 10.2 Å². The summed E-state index contributed by atoms with van der Waals surface area (Å²) in [6, 6.07) is 1.05. The lowest BCUT2D eigenvalue weighted by Gasteiger charge is -2.24. The number of nitrogens with zero attached hydrogens (tertiary/aromatic N) is 3. The lowest BCUT2D eigenvalue weighted by molar-refractivity contribution is -0.139. The first-order chi connectivity index (χ1) is 14.4. The molecule has 0 saturated heterocycles. The molecule has 0 bridgehead atoms. The van der Waals surface area contributed by atoms with Crippen molar-refractivity contribution < 1.29 is 19.4 Å². The summed E-state index contributed by atoms with van der Waals surface area (Å²) in [7, 11) is 0. The van der Waals surface area contributed by atoms with Crippen LogP contribution in [-0.2, 0) is 4.79 Å². The van der Waals surface area contributed by atoms with Gasteiger partial charge in [0, 0.05) is 23.3 Å². The molecule has 1 unspecified atom stereocenters. The summed E-state index contributed by atoms with van der Waals surface area (Å²) >= 11 is 6.03. The quantitative estimate of drug-likeness (QED) is 0.354. The molecule has 3 heterocycles. The van der Waals surface area contributed by atoms with E-state index in [1.165, 1.54) is 6.20 Å². The molecule has 0 aromatic carbocycles. The van der Waals surface area contributed by atoms with Crippen LogP contribution in [0.3, 0.4) is 0 Å². The van der Waals surface area contributed by atoms with Crippen LogP contribution in [0, 0.1) is 5.82 Å². The van der Waals surface area contributed by atoms with Crippen LogP contribution >= 0.6 is 11.6 Å². The molecule has 30 heavy (non-hydrogen) atoms.